The number of benzene rings is 2. The maximum absolute atomic E-state index is 12.5. The van der Waals surface area contributed by atoms with E-state index >= 15 is 0 Å². The van der Waals surface area contributed by atoms with E-state index in [0.29, 0.717) is 13.0 Å². The lowest BCUT2D eigenvalue weighted by Gasteiger charge is -2.21. The van der Waals surface area contributed by atoms with Crippen molar-refractivity contribution in [1.29, 1.82) is 0 Å². The van der Waals surface area contributed by atoms with Crippen LogP contribution in [0, 0.1) is 5.92 Å². The molecule has 0 bridgehead atoms. The van der Waals surface area contributed by atoms with Crippen LogP contribution in [0.1, 0.15) is 36.8 Å². The van der Waals surface area contributed by atoms with Gasteiger partial charge in [0.25, 0.3) is 5.91 Å². The molecule has 0 saturated carbocycles. The van der Waals surface area contributed by atoms with Crippen molar-refractivity contribution >= 4 is 18.0 Å². The Bertz CT molecular complexity index is 994. The summed E-state index contributed by atoms with van der Waals surface area (Å²) in [7, 11) is 0. The van der Waals surface area contributed by atoms with Crippen molar-refractivity contribution < 1.29 is 29.0 Å². The Morgan fingerprint density at radius 3 is 2.36 bits per heavy atom. The van der Waals surface area contributed by atoms with Crippen LogP contribution in [0.5, 0.6) is 0 Å². The third-order valence-corrected chi connectivity index (χ3v) is 6.14. The van der Waals surface area contributed by atoms with Gasteiger partial charge < -0.3 is 25.2 Å². The Hall–Kier alpha value is -3.39. The smallest absolute Gasteiger partial charge is 0.407 e. The van der Waals surface area contributed by atoms with Crippen LogP contribution in [-0.2, 0) is 19.1 Å². The van der Waals surface area contributed by atoms with Crippen molar-refractivity contribution in [1.82, 2.24) is 10.6 Å². The van der Waals surface area contributed by atoms with Gasteiger partial charge in [-0.05, 0) is 34.6 Å². The lowest BCUT2D eigenvalue weighted by atomic mass is 9.98. The molecule has 4 rings (SSSR count). The molecule has 1 saturated heterocycles. The Balaban J connectivity index is 1.32. The number of hydrogen-bond donors (Lipinski definition) is 3. The highest BCUT2D eigenvalue weighted by Crippen LogP contribution is 2.44. The first-order valence-corrected chi connectivity index (χ1v) is 11.2. The van der Waals surface area contributed by atoms with E-state index in [-0.39, 0.29) is 37.3 Å². The number of alkyl carbamates (subject to hydrolysis) is 1. The first-order chi connectivity index (χ1) is 15.9. The molecular weight excluding hydrogens is 424 g/mol. The Morgan fingerprint density at radius 1 is 1.09 bits per heavy atom. The molecule has 2 amide bonds. The summed E-state index contributed by atoms with van der Waals surface area (Å²) in [5.41, 5.74) is 4.56. The van der Waals surface area contributed by atoms with Crippen LogP contribution < -0.4 is 10.6 Å². The van der Waals surface area contributed by atoms with Gasteiger partial charge in [-0.15, -0.1) is 0 Å². The van der Waals surface area contributed by atoms with Gasteiger partial charge in [-0.2, -0.15) is 0 Å². The Morgan fingerprint density at radius 2 is 1.73 bits per heavy atom. The van der Waals surface area contributed by atoms with E-state index in [4.69, 9.17) is 14.6 Å². The first-order valence-electron chi connectivity index (χ1n) is 11.2. The van der Waals surface area contributed by atoms with Gasteiger partial charge in [0, 0.05) is 25.5 Å². The highest BCUT2D eigenvalue weighted by molar-refractivity contribution is 5.83. The molecule has 8 nitrogen and oxygen atoms in total. The van der Waals surface area contributed by atoms with Crippen molar-refractivity contribution in [3.8, 4) is 11.1 Å². The number of rotatable bonds is 8. The summed E-state index contributed by atoms with van der Waals surface area (Å²) in [4.78, 5) is 35.8. The molecular formula is C25H28N2O6. The molecule has 2 aliphatic rings. The summed E-state index contributed by atoms with van der Waals surface area (Å²) in [6.07, 6.45) is -0.966. The van der Waals surface area contributed by atoms with Gasteiger partial charge >= 0.3 is 12.1 Å². The zero-order chi connectivity index (χ0) is 23.4. The number of carboxylic acids is 1. The second kappa shape index (κ2) is 10.0. The summed E-state index contributed by atoms with van der Waals surface area (Å²) in [5.74, 6) is -1.53. The van der Waals surface area contributed by atoms with Crippen molar-refractivity contribution in [2.24, 2.45) is 5.92 Å². The van der Waals surface area contributed by atoms with E-state index in [9.17, 15) is 14.4 Å². The summed E-state index contributed by atoms with van der Waals surface area (Å²) in [6, 6.07) is 15.7. The van der Waals surface area contributed by atoms with Gasteiger partial charge in [0.05, 0.1) is 6.04 Å². The second-order valence-electron chi connectivity index (χ2n) is 8.60. The molecule has 174 valence electrons. The molecule has 3 N–H and O–H groups in total. The quantitative estimate of drug-likeness (QED) is 0.568. The fourth-order valence-corrected chi connectivity index (χ4v) is 4.53. The standard InChI is InChI=1S/C25H28N2O6/c1-15(12-22(28)29)13-26-24(30)23-21(10-11-32-23)27-25(31)33-14-20-18-8-4-2-6-16(18)17-7-3-5-9-19(17)20/h2-9,15,20-21,23H,10-14H2,1H3,(H,26,30)(H,27,31)(H,28,29). The average Bonchev–Trinajstić information content (AvgIpc) is 3.38. The van der Waals surface area contributed by atoms with E-state index in [1.54, 1.807) is 6.92 Å². The highest BCUT2D eigenvalue weighted by Gasteiger charge is 2.36. The molecule has 0 spiro atoms. The van der Waals surface area contributed by atoms with Crippen LogP contribution in [0.2, 0.25) is 0 Å². The summed E-state index contributed by atoms with van der Waals surface area (Å²) < 4.78 is 11.1. The van der Waals surface area contributed by atoms with Crippen LogP contribution in [0.15, 0.2) is 48.5 Å². The number of carboxylic acid groups (broad SMARTS) is 1. The minimum absolute atomic E-state index is 0.0345. The fraction of sp³-hybridized carbons (Fsp3) is 0.400. The molecule has 3 atom stereocenters. The van der Waals surface area contributed by atoms with Crippen molar-refractivity contribution in [2.45, 2.75) is 37.8 Å². The molecule has 1 aliphatic carbocycles. The molecule has 0 aromatic heterocycles. The summed E-state index contributed by atoms with van der Waals surface area (Å²) in [6.45, 7) is 2.51. The number of hydrogen-bond acceptors (Lipinski definition) is 5. The molecule has 0 radical (unpaired) electrons. The van der Waals surface area contributed by atoms with Gasteiger partial charge in [-0.1, -0.05) is 55.5 Å². The largest absolute Gasteiger partial charge is 0.481 e. The molecule has 33 heavy (non-hydrogen) atoms. The van der Waals surface area contributed by atoms with E-state index in [1.165, 1.54) is 0 Å². The minimum Gasteiger partial charge on any atom is -0.481 e. The maximum Gasteiger partial charge on any atom is 0.407 e. The number of amides is 2. The minimum atomic E-state index is -0.913. The molecule has 3 unspecified atom stereocenters. The fourth-order valence-electron chi connectivity index (χ4n) is 4.53. The second-order valence-corrected chi connectivity index (χ2v) is 8.60. The van der Waals surface area contributed by atoms with Gasteiger partial charge in [-0.25, -0.2) is 4.79 Å². The number of carbonyl (C=O) groups is 3. The predicted molar refractivity (Wildman–Crippen MR) is 121 cm³/mol. The van der Waals surface area contributed by atoms with Gasteiger partial charge in [0.1, 0.15) is 6.61 Å². The monoisotopic (exact) mass is 452 g/mol. The van der Waals surface area contributed by atoms with Crippen LogP contribution in [0.3, 0.4) is 0 Å². The number of aliphatic carboxylic acids is 1. The molecule has 8 heteroatoms. The lowest BCUT2D eigenvalue weighted by Crippen LogP contribution is -2.49. The number of fused-ring (bicyclic) bond motifs is 3. The van der Waals surface area contributed by atoms with Gasteiger partial charge in [0.15, 0.2) is 6.10 Å². The van der Waals surface area contributed by atoms with E-state index in [1.807, 2.05) is 24.3 Å². The topological polar surface area (TPSA) is 114 Å². The number of carbonyl (C=O) groups excluding carboxylic acids is 2. The van der Waals surface area contributed by atoms with Crippen LogP contribution >= 0.6 is 0 Å². The van der Waals surface area contributed by atoms with Crippen molar-refractivity contribution in [3.63, 3.8) is 0 Å². The average molecular weight is 453 g/mol. The first kappa shape index (κ1) is 22.8. The zero-order valence-corrected chi connectivity index (χ0v) is 18.5. The highest BCUT2D eigenvalue weighted by atomic mass is 16.6. The molecule has 2 aromatic carbocycles. The van der Waals surface area contributed by atoms with Crippen LogP contribution in [-0.4, -0.2) is 55.0 Å². The van der Waals surface area contributed by atoms with Gasteiger partial charge in [0.2, 0.25) is 0 Å². The van der Waals surface area contributed by atoms with E-state index in [2.05, 4.69) is 34.9 Å². The van der Waals surface area contributed by atoms with Gasteiger partial charge in [-0.3, -0.25) is 9.59 Å². The molecule has 2 aromatic rings. The summed E-state index contributed by atoms with van der Waals surface area (Å²) in [5, 5.41) is 14.3. The van der Waals surface area contributed by atoms with E-state index < -0.39 is 24.2 Å². The van der Waals surface area contributed by atoms with Crippen LogP contribution in [0.4, 0.5) is 4.79 Å². The van der Waals surface area contributed by atoms with E-state index in [0.717, 1.165) is 22.3 Å². The molecule has 1 aliphatic heterocycles. The maximum atomic E-state index is 12.5. The lowest BCUT2D eigenvalue weighted by molar-refractivity contribution is -0.138. The molecule has 1 heterocycles. The Labute approximate surface area is 192 Å². The predicted octanol–water partition coefficient (Wildman–Crippen LogP) is 2.91. The number of ether oxygens (including phenoxy) is 2. The van der Waals surface area contributed by atoms with Crippen molar-refractivity contribution in [3.05, 3.63) is 59.7 Å². The third-order valence-electron chi connectivity index (χ3n) is 6.14. The Kier molecular flexibility index (Phi) is 6.93. The van der Waals surface area contributed by atoms with Crippen molar-refractivity contribution in [2.75, 3.05) is 19.8 Å². The normalized spacial score (nSPS) is 19.9. The van der Waals surface area contributed by atoms with Crippen LogP contribution in [0.25, 0.3) is 11.1 Å². The third kappa shape index (κ3) is 5.17. The zero-order valence-electron chi connectivity index (χ0n) is 18.5. The molecule has 1 fully saturated rings. The number of nitrogens with one attached hydrogen (secondary N) is 2. The SMILES string of the molecule is CC(CNC(=O)C1OCCC1NC(=O)OCC1c2ccccc2-c2ccccc21)CC(=O)O. The summed E-state index contributed by atoms with van der Waals surface area (Å²) >= 11 is 0.